The summed E-state index contributed by atoms with van der Waals surface area (Å²) in [5, 5.41) is 3.34. The lowest BCUT2D eigenvalue weighted by Crippen LogP contribution is -2.56. The standard InChI is InChI=1S/C15H29N3O2/c1-4-20-15(19)14(16-12(2)3)11-17-8-9-18-7-5-6-13(18)10-17/h12-14,16H,4-11H2,1-3H3. The Balaban J connectivity index is 1.88. The van der Waals surface area contributed by atoms with Crippen molar-refractivity contribution >= 4 is 5.97 Å². The van der Waals surface area contributed by atoms with Gasteiger partial charge in [0.15, 0.2) is 0 Å². The molecule has 116 valence electrons. The molecule has 0 saturated carbocycles. The molecular formula is C15H29N3O2. The molecule has 0 amide bonds. The average molecular weight is 283 g/mol. The van der Waals surface area contributed by atoms with Crippen molar-refractivity contribution < 1.29 is 9.53 Å². The average Bonchev–Trinajstić information content (AvgIpc) is 2.85. The van der Waals surface area contributed by atoms with Crippen LogP contribution in [-0.4, -0.2) is 73.2 Å². The Hall–Kier alpha value is -0.650. The third kappa shape index (κ3) is 4.17. The zero-order valence-electron chi connectivity index (χ0n) is 13.1. The first-order chi connectivity index (χ1) is 9.60. The maximum atomic E-state index is 12.1. The fourth-order valence-corrected chi connectivity index (χ4v) is 3.32. The smallest absolute Gasteiger partial charge is 0.324 e. The van der Waals surface area contributed by atoms with E-state index < -0.39 is 0 Å². The van der Waals surface area contributed by atoms with Gasteiger partial charge in [0.1, 0.15) is 6.04 Å². The monoisotopic (exact) mass is 283 g/mol. The van der Waals surface area contributed by atoms with Crippen LogP contribution in [0.1, 0.15) is 33.6 Å². The van der Waals surface area contributed by atoms with E-state index in [9.17, 15) is 4.79 Å². The molecule has 5 nitrogen and oxygen atoms in total. The summed E-state index contributed by atoms with van der Waals surface area (Å²) >= 11 is 0. The first-order valence-electron chi connectivity index (χ1n) is 7.99. The van der Waals surface area contributed by atoms with E-state index in [0.29, 0.717) is 12.6 Å². The quantitative estimate of drug-likeness (QED) is 0.727. The molecule has 2 heterocycles. The molecule has 0 spiro atoms. The number of carbonyl (C=O) groups excluding carboxylic acids is 1. The largest absolute Gasteiger partial charge is 0.465 e. The highest BCUT2D eigenvalue weighted by Crippen LogP contribution is 2.21. The van der Waals surface area contributed by atoms with Gasteiger partial charge in [-0.3, -0.25) is 14.6 Å². The van der Waals surface area contributed by atoms with Gasteiger partial charge in [0, 0.05) is 38.3 Å². The second-order valence-electron chi connectivity index (χ2n) is 6.22. The number of nitrogens with one attached hydrogen (secondary N) is 1. The van der Waals surface area contributed by atoms with Gasteiger partial charge in [-0.05, 0) is 26.3 Å². The molecule has 1 N–H and O–H groups in total. The molecule has 0 aromatic heterocycles. The maximum Gasteiger partial charge on any atom is 0.324 e. The molecular weight excluding hydrogens is 254 g/mol. The number of carbonyl (C=O) groups is 1. The summed E-state index contributed by atoms with van der Waals surface area (Å²) in [7, 11) is 0. The van der Waals surface area contributed by atoms with E-state index in [1.165, 1.54) is 19.4 Å². The van der Waals surface area contributed by atoms with Gasteiger partial charge < -0.3 is 10.1 Å². The van der Waals surface area contributed by atoms with Crippen molar-refractivity contribution in [3.05, 3.63) is 0 Å². The lowest BCUT2D eigenvalue weighted by Gasteiger charge is -2.38. The Bertz CT molecular complexity index is 322. The van der Waals surface area contributed by atoms with Crippen molar-refractivity contribution in [2.75, 3.05) is 39.3 Å². The SMILES string of the molecule is CCOC(=O)C(CN1CCN2CCCC2C1)NC(C)C. The molecule has 20 heavy (non-hydrogen) atoms. The van der Waals surface area contributed by atoms with Crippen LogP contribution in [0, 0.1) is 0 Å². The summed E-state index contributed by atoms with van der Waals surface area (Å²) in [6, 6.07) is 0.783. The minimum atomic E-state index is -0.206. The highest BCUT2D eigenvalue weighted by Gasteiger charge is 2.32. The van der Waals surface area contributed by atoms with Crippen LogP contribution in [0.15, 0.2) is 0 Å². The number of fused-ring (bicyclic) bond motifs is 1. The molecule has 2 aliphatic heterocycles. The van der Waals surface area contributed by atoms with Crippen LogP contribution < -0.4 is 5.32 Å². The van der Waals surface area contributed by atoms with Crippen molar-refractivity contribution in [3.63, 3.8) is 0 Å². The Morgan fingerprint density at radius 1 is 1.35 bits per heavy atom. The Kier molecular flexibility index (Phi) is 5.81. The number of hydrogen-bond donors (Lipinski definition) is 1. The number of piperazine rings is 1. The van der Waals surface area contributed by atoms with E-state index in [1.54, 1.807) is 0 Å². The number of ether oxygens (including phenoxy) is 1. The third-order valence-electron chi connectivity index (χ3n) is 4.22. The number of esters is 1. The van der Waals surface area contributed by atoms with Crippen LogP contribution in [0.2, 0.25) is 0 Å². The Morgan fingerprint density at radius 2 is 2.15 bits per heavy atom. The van der Waals surface area contributed by atoms with Crippen molar-refractivity contribution in [3.8, 4) is 0 Å². The van der Waals surface area contributed by atoms with Gasteiger partial charge >= 0.3 is 5.97 Å². The molecule has 2 atom stereocenters. The van der Waals surface area contributed by atoms with Crippen molar-refractivity contribution in [1.82, 2.24) is 15.1 Å². The second-order valence-corrected chi connectivity index (χ2v) is 6.22. The molecule has 2 saturated heterocycles. The fourth-order valence-electron chi connectivity index (χ4n) is 3.32. The zero-order chi connectivity index (χ0) is 14.5. The van der Waals surface area contributed by atoms with E-state index in [0.717, 1.165) is 26.2 Å². The minimum absolute atomic E-state index is 0.116. The summed E-state index contributed by atoms with van der Waals surface area (Å²) in [6.45, 7) is 11.8. The fraction of sp³-hybridized carbons (Fsp3) is 0.933. The summed E-state index contributed by atoms with van der Waals surface area (Å²) in [5.74, 6) is -0.116. The van der Waals surface area contributed by atoms with Crippen LogP contribution in [-0.2, 0) is 9.53 Å². The molecule has 2 fully saturated rings. The zero-order valence-corrected chi connectivity index (χ0v) is 13.1. The number of hydrogen-bond acceptors (Lipinski definition) is 5. The van der Waals surface area contributed by atoms with E-state index in [1.807, 2.05) is 6.92 Å². The normalized spacial score (nSPS) is 25.7. The van der Waals surface area contributed by atoms with Crippen LogP contribution in [0.5, 0.6) is 0 Å². The second kappa shape index (κ2) is 7.38. The van der Waals surface area contributed by atoms with Gasteiger partial charge in [-0.1, -0.05) is 13.8 Å². The highest BCUT2D eigenvalue weighted by molar-refractivity contribution is 5.76. The van der Waals surface area contributed by atoms with Gasteiger partial charge in [-0.15, -0.1) is 0 Å². The van der Waals surface area contributed by atoms with Gasteiger partial charge in [0.25, 0.3) is 0 Å². The van der Waals surface area contributed by atoms with Gasteiger partial charge in [-0.25, -0.2) is 0 Å². The van der Waals surface area contributed by atoms with Gasteiger partial charge in [0.05, 0.1) is 6.61 Å². The summed E-state index contributed by atoms with van der Waals surface area (Å²) in [5.41, 5.74) is 0. The molecule has 2 rings (SSSR count). The number of nitrogens with zero attached hydrogens (tertiary/aromatic N) is 2. The first-order valence-corrected chi connectivity index (χ1v) is 7.99. The maximum absolute atomic E-state index is 12.1. The lowest BCUT2D eigenvalue weighted by atomic mass is 10.1. The third-order valence-corrected chi connectivity index (χ3v) is 4.22. The summed E-state index contributed by atoms with van der Waals surface area (Å²) in [4.78, 5) is 17.1. The molecule has 2 aliphatic rings. The minimum Gasteiger partial charge on any atom is -0.465 e. The Morgan fingerprint density at radius 3 is 2.85 bits per heavy atom. The predicted molar refractivity (Wildman–Crippen MR) is 79.7 cm³/mol. The summed E-state index contributed by atoms with van der Waals surface area (Å²) < 4.78 is 5.19. The molecule has 0 aliphatic carbocycles. The molecule has 0 aromatic rings. The van der Waals surface area contributed by atoms with E-state index in [-0.39, 0.29) is 18.1 Å². The van der Waals surface area contributed by atoms with E-state index in [2.05, 4.69) is 29.0 Å². The van der Waals surface area contributed by atoms with E-state index in [4.69, 9.17) is 4.74 Å². The topological polar surface area (TPSA) is 44.8 Å². The van der Waals surface area contributed by atoms with Crippen LogP contribution in [0.4, 0.5) is 0 Å². The van der Waals surface area contributed by atoms with E-state index >= 15 is 0 Å². The van der Waals surface area contributed by atoms with Crippen LogP contribution >= 0.6 is 0 Å². The first kappa shape index (κ1) is 15.7. The molecule has 0 aromatic carbocycles. The predicted octanol–water partition coefficient (Wildman–Crippen LogP) is 0.696. The Labute approximate surface area is 122 Å². The molecule has 0 radical (unpaired) electrons. The molecule has 2 unspecified atom stereocenters. The lowest BCUT2D eigenvalue weighted by molar-refractivity contribution is -0.146. The van der Waals surface area contributed by atoms with Crippen molar-refractivity contribution in [1.29, 1.82) is 0 Å². The molecule has 5 heteroatoms. The number of rotatable bonds is 6. The van der Waals surface area contributed by atoms with Crippen LogP contribution in [0.3, 0.4) is 0 Å². The van der Waals surface area contributed by atoms with Gasteiger partial charge in [-0.2, -0.15) is 0 Å². The summed E-state index contributed by atoms with van der Waals surface area (Å²) in [6.07, 6.45) is 2.63. The molecule has 0 bridgehead atoms. The van der Waals surface area contributed by atoms with Crippen molar-refractivity contribution in [2.45, 2.75) is 51.7 Å². The van der Waals surface area contributed by atoms with Crippen molar-refractivity contribution in [2.24, 2.45) is 0 Å². The van der Waals surface area contributed by atoms with Gasteiger partial charge in [0.2, 0.25) is 0 Å². The highest BCUT2D eigenvalue weighted by atomic mass is 16.5. The van der Waals surface area contributed by atoms with Crippen LogP contribution in [0.25, 0.3) is 0 Å².